The minimum Gasteiger partial charge on any atom is -0.482 e. The fraction of sp³-hybridized carbons (Fsp3) is 0.200. The van der Waals surface area contributed by atoms with Gasteiger partial charge in [0.15, 0.2) is 0 Å². The van der Waals surface area contributed by atoms with Crippen LogP contribution in [-0.4, -0.2) is 4.57 Å². The second-order valence-corrected chi connectivity index (χ2v) is 6.35. The smallest absolute Gasteiger partial charge is 0.131 e. The van der Waals surface area contributed by atoms with Crippen LogP contribution in [0, 0.1) is 0 Å². The molecule has 0 aliphatic carbocycles. The van der Waals surface area contributed by atoms with Gasteiger partial charge in [-0.15, -0.1) is 0 Å². The summed E-state index contributed by atoms with van der Waals surface area (Å²) in [7, 11) is 2.11. The normalized spacial score (nSPS) is 14.9. The minimum absolute atomic E-state index is 0.351. The molecule has 0 spiro atoms. The molecule has 0 N–H and O–H groups in total. The van der Waals surface area contributed by atoms with E-state index >= 15 is 0 Å². The molecule has 110 valence electrons. The lowest BCUT2D eigenvalue weighted by molar-refractivity contribution is 0.106. The Morgan fingerprint density at radius 2 is 1.55 bits per heavy atom. The Morgan fingerprint density at radius 1 is 0.864 bits per heavy atom. The average Bonchev–Trinajstić information content (AvgIpc) is 2.87. The summed E-state index contributed by atoms with van der Waals surface area (Å²) in [6.45, 7) is 4.29. The maximum absolute atomic E-state index is 6.31. The fourth-order valence-electron chi connectivity index (χ4n) is 3.47. The number of ether oxygens (including phenoxy) is 1. The number of fused-ring (bicyclic) bond motifs is 3. The first kappa shape index (κ1) is 13.2. The van der Waals surface area contributed by atoms with Crippen LogP contribution in [0.1, 0.15) is 19.4 Å². The van der Waals surface area contributed by atoms with E-state index in [2.05, 4.69) is 80.2 Å². The van der Waals surface area contributed by atoms with E-state index in [4.69, 9.17) is 4.74 Å². The van der Waals surface area contributed by atoms with Crippen LogP contribution in [-0.2, 0) is 12.6 Å². The maximum Gasteiger partial charge on any atom is 0.131 e. The number of rotatable bonds is 1. The van der Waals surface area contributed by atoms with Crippen molar-refractivity contribution in [1.82, 2.24) is 4.57 Å². The van der Waals surface area contributed by atoms with Crippen LogP contribution in [0.4, 0.5) is 0 Å². The second-order valence-electron chi connectivity index (χ2n) is 6.35. The molecule has 22 heavy (non-hydrogen) atoms. The zero-order valence-electron chi connectivity index (χ0n) is 13.1. The molecule has 1 aromatic heterocycles. The Balaban J connectivity index is 2.05. The topological polar surface area (TPSA) is 14.2 Å². The molecule has 3 aromatic rings. The van der Waals surface area contributed by atoms with Gasteiger partial charge in [0.25, 0.3) is 0 Å². The summed E-state index contributed by atoms with van der Waals surface area (Å²) in [5, 5.41) is 0. The van der Waals surface area contributed by atoms with Crippen molar-refractivity contribution in [2.75, 3.05) is 0 Å². The summed E-state index contributed by atoms with van der Waals surface area (Å²) in [6.07, 6.45) is 2.22. The zero-order valence-corrected chi connectivity index (χ0v) is 13.1. The standard InChI is InChI=1S/C20H19NO/c1-20(2)18-16(14-9-5-4-6-10-14)13-21(3)19(18)15-11-7-8-12-17(15)22-20/h4-13H,1-3H3. The van der Waals surface area contributed by atoms with Gasteiger partial charge in [-0.05, 0) is 31.5 Å². The summed E-state index contributed by atoms with van der Waals surface area (Å²) in [4.78, 5) is 0. The molecule has 0 saturated carbocycles. The van der Waals surface area contributed by atoms with E-state index in [0.29, 0.717) is 0 Å². The first-order valence-corrected chi connectivity index (χ1v) is 7.61. The zero-order chi connectivity index (χ0) is 15.3. The van der Waals surface area contributed by atoms with E-state index in [0.717, 1.165) is 5.75 Å². The number of nitrogens with zero attached hydrogens (tertiary/aromatic N) is 1. The van der Waals surface area contributed by atoms with Crippen LogP contribution in [0.5, 0.6) is 5.75 Å². The quantitative estimate of drug-likeness (QED) is 0.616. The lowest BCUT2D eigenvalue weighted by Gasteiger charge is -2.34. The highest BCUT2D eigenvalue weighted by molar-refractivity contribution is 5.83. The van der Waals surface area contributed by atoms with Crippen molar-refractivity contribution in [2.45, 2.75) is 19.4 Å². The number of hydrogen-bond donors (Lipinski definition) is 0. The van der Waals surface area contributed by atoms with Crippen molar-refractivity contribution in [3.63, 3.8) is 0 Å². The van der Waals surface area contributed by atoms with E-state index in [1.54, 1.807) is 0 Å². The summed E-state index contributed by atoms with van der Waals surface area (Å²) in [6, 6.07) is 18.8. The van der Waals surface area contributed by atoms with Gasteiger partial charge in [0.05, 0.1) is 5.69 Å². The Bertz CT molecular complexity index is 843. The SMILES string of the molecule is Cn1cc(-c2ccccc2)c2c1-c1ccccc1OC2(C)C. The van der Waals surface area contributed by atoms with Crippen LogP contribution in [0.3, 0.4) is 0 Å². The highest BCUT2D eigenvalue weighted by Crippen LogP contribution is 2.49. The summed E-state index contributed by atoms with van der Waals surface area (Å²) in [5.74, 6) is 0.959. The van der Waals surface area contributed by atoms with Crippen molar-refractivity contribution < 1.29 is 4.74 Å². The fourth-order valence-corrected chi connectivity index (χ4v) is 3.47. The van der Waals surface area contributed by atoms with Gasteiger partial charge in [0.2, 0.25) is 0 Å². The molecule has 0 saturated heterocycles. The van der Waals surface area contributed by atoms with E-state index in [9.17, 15) is 0 Å². The van der Waals surface area contributed by atoms with Crippen LogP contribution in [0.15, 0.2) is 60.8 Å². The Labute approximate surface area is 131 Å². The summed E-state index contributed by atoms with van der Waals surface area (Å²) < 4.78 is 8.53. The van der Waals surface area contributed by atoms with Gasteiger partial charge in [-0.3, -0.25) is 0 Å². The van der Waals surface area contributed by atoms with E-state index in [1.807, 2.05) is 6.07 Å². The Morgan fingerprint density at radius 3 is 2.32 bits per heavy atom. The van der Waals surface area contributed by atoms with Gasteiger partial charge in [0, 0.05) is 29.9 Å². The first-order valence-electron chi connectivity index (χ1n) is 7.61. The molecule has 2 heterocycles. The number of hydrogen-bond acceptors (Lipinski definition) is 1. The van der Waals surface area contributed by atoms with Crippen molar-refractivity contribution in [3.05, 3.63) is 66.4 Å². The minimum atomic E-state index is -0.351. The number of aryl methyl sites for hydroxylation is 1. The lowest BCUT2D eigenvalue weighted by atomic mass is 9.86. The monoisotopic (exact) mass is 289 g/mol. The lowest BCUT2D eigenvalue weighted by Crippen LogP contribution is -2.29. The molecule has 0 unspecified atom stereocenters. The number of aromatic nitrogens is 1. The molecule has 2 aromatic carbocycles. The van der Waals surface area contributed by atoms with Crippen LogP contribution < -0.4 is 4.74 Å². The highest BCUT2D eigenvalue weighted by atomic mass is 16.5. The predicted octanol–water partition coefficient (Wildman–Crippen LogP) is 4.99. The summed E-state index contributed by atoms with van der Waals surface area (Å²) in [5.41, 5.74) is 5.82. The second kappa shape index (κ2) is 4.51. The number of para-hydroxylation sites is 1. The molecule has 0 atom stereocenters. The van der Waals surface area contributed by atoms with Gasteiger partial charge >= 0.3 is 0 Å². The van der Waals surface area contributed by atoms with Gasteiger partial charge in [0.1, 0.15) is 11.4 Å². The highest BCUT2D eigenvalue weighted by Gasteiger charge is 2.37. The van der Waals surface area contributed by atoms with Gasteiger partial charge in [-0.2, -0.15) is 0 Å². The molecule has 2 heteroatoms. The predicted molar refractivity (Wildman–Crippen MR) is 89.9 cm³/mol. The van der Waals surface area contributed by atoms with Crippen LogP contribution in [0.2, 0.25) is 0 Å². The third-order valence-corrected chi connectivity index (χ3v) is 4.38. The summed E-state index contributed by atoms with van der Waals surface area (Å²) >= 11 is 0. The van der Waals surface area contributed by atoms with Crippen LogP contribution >= 0.6 is 0 Å². The Hall–Kier alpha value is -2.48. The largest absolute Gasteiger partial charge is 0.482 e. The van der Waals surface area contributed by atoms with Gasteiger partial charge in [-0.25, -0.2) is 0 Å². The van der Waals surface area contributed by atoms with Crippen LogP contribution in [0.25, 0.3) is 22.4 Å². The molecule has 0 amide bonds. The molecule has 0 fully saturated rings. The van der Waals surface area contributed by atoms with Crippen molar-refractivity contribution in [2.24, 2.45) is 7.05 Å². The van der Waals surface area contributed by atoms with Gasteiger partial charge in [-0.1, -0.05) is 42.5 Å². The molecular formula is C20H19NO. The van der Waals surface area contributed by atoms with Crippen molar-refractivity contribution in [1.29, 1.82) is 0 Å². The van der Waals surface area contributed by atoms with Gasteiger partial charge < -0.3 is 9.30 Å². The number of benzene rings is 2. The maximum atomic E-state index is 6.31. The molecular weight excluding hydrogens is 270 g/mol. The Kier molecular flexibility index (Phi) is 2.70. The third-order valence-electron chi connectivity index (χ3n) is 4.38. The molecule has 0 radical (unpaired) electrons. The molecule has 2 nitrogen and oxygen atoms in total. The molecule has 1 aliphatic rings. The molecule has 0 bridgehead atoms. The third kappa shape index (κ3) is 1.80. The molecule has 4 rings (SSSR count). The van der Waals surface area contributed by atoms with Crippen molar-refractivity contribution >= 4 is 0 Å². The first-order chi connectivity index (χ1) is 10.6. The average molecular weight is 289 g/mol. The van der Waals surface area contributed by atoms with E-state index in [1.165, 1.54) is 27.9 Å². The molecule has 1 aliphatic heterocycles. The van der Waals surface area contributed by atoms with E-state index in [-0.39, 0.29) is 5.60 Å². The van der Waals surface area contributed by atoms with Crippen molar-refractivity contribution in [3.8, 4) is 28.1 Å². The van der Waals surface area contributed by atoms with E-state index < -0.39 is 0 Å².